The molecule has 3 aromatic rings. The van der Waals surface area contributed by atoms with Crippen molar-refractivity contribution in [2.45, 2.75) is 13.0 Å². The monoisotopic (exact) mass is 444 g/mol. The molecule has 3 rings (SSSR count). The molecule has 8 heteroatoms. The van der Waals surface area contributed by atoms with Crippen molar-refractivity contribution in [3.8, 4) is 5.75 Å². The Morgan fingerprint density at radius 2 is 1.77 bits per heavy atom. The van der Waals surface area contributed by atoms with Crippen LogP contribution in [0.4, 0.5) is 5.69 Å². The van der Waals surface area contributed by atoms with Crippen molar-refractivity contribution >= 4 is 40.8 Å². The summed E-state index contributed by atoms with van der Waals surface area (Å²) < 4.78 is 11.1. The highest BCUT2D eigenvalue weighted by molar-refractivity contribution is 6.41. The van der Waals surface area contributed by atoms with E-state index in [4.69, 9.17) is 32.7 Å². The van der Waals surface area contributed by atoms with Gasteiger partial charge in [0.15, 0.2) is 0 Å². The Morgan fingerprint density at radius 1 is 1.07 bits per heavy atom. The third-order valence-corrected chi connectivity index (χ3v) is 4.73. The summed E-state index contributed by atoms with van der Waals surface area (Å²) >= 11 is 11.7. The number of nitrogens with one attached hydrogen (secondary N) is 1. The topological polar surface area (TPSA) is 77.5 Å². The molecule has 2 aromatic carbocycles. The highest BCUT2D eigenvalue weighted by atomic mass is 35.5. The fraction of sp³-hybridized carbons (Fsp3) is 0.136. The van der Waals surface area contributed by atoms with Gasteiger partial charge in [-0.2, -0.15) is 0 Å². The Morgan fingerprint density at radius 3 is 2.47 bits per heavy atom. The number of rotatable bonds is 7. The van der Waals surface area contributed by atoms with Crippen molar-refractivity contribution in [2.24, 2.45) is 0 Å². The van der Waals surface area contributed by atoms with Crippen LogP contribution in [0.3, 0.4) is 0 Å². The molecule has 1 amide bonds. The summed E-state index contributed by atoms with van der Waals surface area (Å²) in [6.07, 6.45) is 0.0313. The molecule has 0 spiro atoms. The highest BCUT2D eigenvalue weighted by Gasteiger charge is 2.27. The zero-order valence-corrected chi connectivity index (χ0v) is 17.5. The molecular formula is C22H18Cl2N2O4. The first kappa shape index (κ1) is 21.6. The lowest BCUT2D eigenvalue weighted by atomic mass is 10.1. The van der Waals surface area contributed by atoms with Crippen LogP contribution in [-0.4, -0.2) is 23.5 Å². The molecule has 0 saturated heterocycles. The Labute approximate surface area is 183 Å². The average Bonchev–Trinajstić information content (AvgIpc) is 2.76. The average molecular weight is 445 g/mol. The summed E-state index contributed by atoms with van der Waals surface area (Å²) in [5.74, 6) is -0.780. The Bertz CT molecular complexity index is 1040. The minimum absolute atomic E-state index is 0.0677. The maximum Gasteiger partial charge on any atom is 0.340 e. The van der Waals surface area contributed by atoms with Gasteiger partial charge >= 0.3 is 5.97 Å². The lowest BCUT2D eigenvalue weighted by Gasteiger charge is -2.19. The molecule has 0 fully saturated rings. The number of nitrogens with zero attached hydrogens (tertiary/aromatic N) is 1. The van der Waals surface area contributed by atoms with E-state index in [9.17, 15) is 9.59 Å². The van der Waals surface area contributed by atoms with Gasteiger partial charge in [0, 0.05) is 11.8 Å². The fourth-order valence-corrected chi connectivity index (χ4v) is 2.93. The van der Waals surface area contributed by atoms with E-state index in [1.165, 1.54) is 12.3 Å². The minimum atomic E-state index is -1.21. The van der Waals surface area contributed by atoms with Crippen LogP contribution in [0.2, 0.25) is 10.2 Å². The number of carbonyl (C=O) groups excluding carboxylic acids is 2. The van der Waals surface area contributed by atoms with Gasteiger partial charge in [-0.1, -0.05) is 65.7 Å². The van der Waals surface area contributed by atoms with E-state index >= 15 is 0 Å². The van der Waals surface area contributed by atoms with Gasteiger partial charge in [-0.3, -0.25) is 4.79 Å². The molecule has 0 aliphatic carbocycles. The maximum atomic E-state index is 13.1. The number of hydrogen-bond acceptors (Lipinski definition) is 5. The SMILES string of the molecule is CCOc1ccccc1NC(=O)C(OC(=O)c1cnc(Cl)c(Cl)c1)c1ccccc1. The van der Waals surface area contributed by atoms with Crippen molar-refractivity contribution in [1.82, 2.24) is 4.98 Å². The fourth-order valence-electron chi connectivity index (χ4n) is 2.66. The van der Waals surface area contributed by atoms with Crippen LogP contribution in [-0.2, 0) is 9.53 Å². The molecule has 0 aliphatic heterocycles. The Balaban J connectivity index is 1.87. The van der Waals surface area contributed by atoms with Gasteiger partial charge in [0.25, 0.3) is 5.91 Å². The van der Waals surface area contributed by atoms with Gasteiger partial charge < -0.3 is 14.8 Å². The first-order valence-electron chi connectivity index (χ1n) is 9.09. The molecule has 0 bridgehead atoms. The van der Waals surface area contributed by atoms with E-state index in [1.807, 2.05) is 6.92 Å². The highest BCUT2D eigenvalue weighted by Crippen LogP contribution is 2.28. The van der Waals surface area contributed by atoms with Crippen molar-refractivity contribution in [2.75, 3.05) is 11.9 Å². The van der Waals surface area contributed by atoms with E-state index in [0.717, 1.165) is 0 Å². The Hall–Kier alpha value is -3.09. The number of amides is 1. The summed E-state index contributed by atoms with van der Waals surface area (Å²) in [6, 6.07) is 17.0. The molecule has 1 aromatic heterocycles. The lowest BCUT2D eigenvalue weighted by Crippen LogP contribution is -2.26. The van der Waals surface area contributed by atoms with Gasteiger partial charge in [-0.15, -0.1) is 0 Å². The molecule has 30 heavy (non-hydrogen) atoms. The van der Waals surface area contributed by atoms with Crippen LogP contribution in [0, 0.1) is 0 Å². The number of pyridine rings is 1. The van der Waals surface area contributed by atoms with Crippen LogP contribution >= 0.6 is 23.2 Å². The van der Waals surface area contributed by atoms with Crippen molar-refractivity contribution in [1.29, 1.82) is 0 Å². The normalized spacial score (nSPS) is 11.4. The van der Waals surface area contributed by atoms with E-state index in [2.05, 4.69) is 10.3 Å². The molecule has 1 atom stereocenters. The summed E-state index contributed by atoms with van der Waals surface area (Å²) in [5, 5.41) is 2.94. The summed E-state index contributed by atoms with van der Waals surface area (Å²) in [6.45, 7) is 2.28. The van der Waals surface area contributed by atoms with Crippen LogP contribution in [0.1, 0.15) is 28.9 Å². The van der Waals surface area contributed by atoms with E-state index in [0.29, 0.717) is 23.6 Å². The summed E-state index contributed by atoms with van der Waals surface area (Å²) in [7, 11) is 0. The largest absolute Gasteiger partial charge is 0.492 e. The zero-order valence-electron chi connectivity index (χ0n) is 16.0. The molecule has 1 heterocycles. The summed E-state index contributed by atoms with van der Waals surface area (Å²) in [4.78, 5) is 29.5. The van der Waals surface area contributed by atoms with Gasteiger partial charge in [-0.25, -0.2) is 9.78 Å². The van der Waals surface area contributed by atoms with Crippen LogP contribution in [0.15, 0.2) is 66.9 Å². The summed E-state index contributed by atoms with van der Waals surface area (Å²) in [5.41, 5.74) is 1.05. The number of esters is 1. The number of para-hydroxylation sites is 2. The minimum Gasteiger partial charge on any atom is -0.492 e. The number of aromatic nitrogens is 1. The third-order valence-electron chi connectivity index (χ3n) is 4.04. The number of ether oxygens (including phenoxy) is 2. The van der Waals surface area contributed by atoms with Crippen LogP contribution in [0.5, 0.6) is 5.75 Å². The molecule has 0 saturated carbocycles. The first-order chi connectivity index (χ1) is 14.5. The Kier molecular flexibility index (Phi) is 7.27. The molecule has 0 aliphatic rings. The zero-order chi connectivity index (χ0) is 21.5. The van der Waals surface area contributed by atoms with Crippen LogP contribution < -0.4 is 10.1 Å². The second kappa shape index (κ2) is 10.1. The second-order valence-corrected chi connectivity index (χ2v) is 6.88. The van der Waals surface area contributed by atoms with Crippen molar-refractivity contribution < 1.29 is 19.1 Å². The standard InChI is InChI=1S/C22H18Cl2N2O4/c1-2-29-18-11-7-6-10-17(18)26-21(27)19(14-8-4-3-5-9-14)30-22(28)15-12-16(23)20(24)25-13-15/h3-13,19H,2H2,1H3,(H,26,27). The number of halogens is 2. The van der Waals surface area contributed by atoms with Crippen LogP contribution in [0.25, 0.3) is 0 Å². The van der Waals surface area contributed by atoms with Gasteiger partial charge in [0.2, 0.25) is 6.10 Å². The molecule has 0 radical (unpaired) electrons. The predicted molar refractivity (Wildman–Crippen MR) is 115 cm³/mol. The molecule has 1 N–H and O–H groups in total. The molecular weight excluding hydrogens is 427 g/mol. The quantitative estimate of drug-likeness (QED) is 0.393. The van der Waals surface area contributed by atoms with Gasteiger partial charge in [0.05, 0.1) is 22.9 Å². The molecule has 1 unspecified atom stereocenters. The molecule has 154 valence electrons. The third kappa shape index (κ3) is 5.28. The van der Waals surface area contributed by atoms with E-state index < -0.39 is 18.0 Å². The number of carbonyl (C=O) groups is 2. The maximum absolute atomic E-state index is 13.1. The smallest absolute Gasteiger partial charge is 0.340 e. The lowest BCUT2D eigenvalue weighted by molar-refractivity contribution is -0.125. The van der Waals surface area contributed by atoms with Crippen molar-refractivity contribution in [3.63, 3.8) is 0 Å². The van der Waals surface area contributed by atoms with Gasteiger partial charge in [0.1, 0.15) is 10.9 Å². The number of benzene rings is 2. The van der Waals surface area contributed by atoms with Crippen molar-refractivity contribution in [3.05, 3.63) is 88.2 Å². The van der Waals surface area contributed by atoms with E-state index in [1.54, 1.807) is 54.6 Å². The van der Waals surface area contributed by atoms with E-state index in [-0.39, 0.29) is 15.7 Å². The number of anilines is 1. The number of hydrogen-bond donors (Lipinski definition) is 1. The molecule has 6 nitrogen and oxygen atoms in total. The van der Waals surface area contributed by atoms with Gasteiger partial charge in [-0.05, 0) is 25.1 Å². The predicted octanol–water partition coefficient (Wildman–Crippen LogP) is 5.32. The first-order valence-corrected chi connectivity index (χ1v) is 9.85. The second-order valence-electron chi connectivity index (χ2n) is 6.11.